The third-order valence-corrected chi connectivity index (χ3v) is 2.54. The molecule has 6 nitrogen and oxygen atoms in total. The minimum atomic E-state index is -0.933. The molecule has 1 aromatic carbocycles. The molecule has 0 aliphatic heterocycles. The van der Waals surface area contributed by atoms with Gasteiger partial charge in [-0.2, -0.15) is 0 Å². The van der Waals surface area contributed by atoms with Crippen molar-refractivity contribution < 1.29 is 14.6 Å². The maximum Gasteiger partial charge on any atom is 0.303 e. The van der Waals surface area contributed by atoms with Crippen molar-refractivity contribution >= 4 is 16.9 Å². The van der Waals surface area contributed by atoms with Crippen LogP contribution in [0.1, 0.15) is 12.2 Å². The first kappa shape index (κ1) is 12.1. The lowest BCUT2D eigenvalue weighted by atomic mass is 10.2. The van der Waals surface area contributed by atoms with Crippen LogP contribution in [0.15, 0.2) is 23.0 Å². The molecule has 0 saturated heterocycles. The lowest BCUT2D eigenvalue weighted by Gasteiger charge is -2.05. The van der Waals surface area contributed by atoms with Gasteiger partial charge < -0.3 is 14.8 Å². The number of para-hydroxylation sites is 1. The van der Waals surface area contributed by atoms with Gasteiger partial charge in [-0.25, -0.2) is 4.98 Å². The maximum atomic E-state index is 11.8. The Morgan fingerprint density at radius 3 is 2.94 bits per heavy atom. The summed E-state index contributed by atoms with van der Waals surface area (Å²) in [5.41, 5.74) is 0.156. The first-order valence-corrected chi connectivity index (χ1v) is 5.39. The van der Waals surface area contributed by atoms with Gasteiger partial charge in [-0.05, 0) is 12.1 Å². The minimum absolute atomic E-state index is 0.0798. The summed E-state index contributed by atoms with van der Waals surface area (Å²) in [5, 5.41) is 9.04. The second-order valence-corrected chi connectivity index (χ2v) is 3.76. The van der Waals surface area contributed by atoms with Gasteiger partial charge in [-0.3, -0.25) is 9.59 Å². The van der Waals surface area contributed by atoms with E-state index in [1.54, 1.807) is 18.2 Å². The monoisotopic (exact) mass is 248 g/mol. The average molecular weight is 248 g/mol. The number of methoxy groups -OCH3 is 1. The Balaban J connectivity index is 2.52. The third kappa shape index (κ3) is 2.32. The fourth-order valence-corrected chi connectivity index (χ4v) is 1.69. The number of ether oxygens (including phenoxy) is 1. The number of carboxylic acid groups (broad SMARTS) is 1. The summed E-state index contributed by atoms with van der Waals surface area (Å²) in [6.45, 7) is 0. The lowest BCUT2D eigenvalue weighted by Crippen LogP contribution is -2.13. The van der Waals surface area contributed by atoms with E-state index in [4.69, 9.17) is 9.84 Å². The SMILES string of the molecule is COc1cccc2c(=O)[nH]c(CCC(=O)O)nc12. The topological polar surface area (TPSA) is 92.3 Å². The summed E-state index contributed by atoms with van der Waals surface area (Å²) < 4.78 is 5.13. The highest BCUT2D eigenvalue weighted by atomic mass is 16.5. The minimum Gasteiger partial charge on any atom is -0.494 e. The number of aryl methyl sites for hydroxylation is 1. The van der Waals surface area contributed by atoms with E-state index in [9.17, 15) is 9.59 Å². The Bertz CT molecular complexity index is 648. The van der Waals surface area contributed by atoms with Crippen molar-refractivity contribution in [1.29, 1.82) is 0 Å². The van der Waals surface area contributed by atoms with Crippen molar-refractivity contribution in [2.45, 2.75) is 12.8 Å². The third-order valence-electron chi connectivity index (χ3n) is 2.54. The molecule has 0 aliphatic rings. The van der Waals surface area contributed by atoms with E-state index in [1.165, 1.54) is 7.11 Å². The van der Waals surface area contributed by atoms with E-state index >= 15 is 0 Å². The zero-order valence-electron chi connectivity index (χ0n) is 9.77. The summed E-state index contributed by atoms with van der Waals surface area (Å²) in [7, 11) is 1.49. The molecule has 0 fully saturated rings. The number of hydrogen-bond donors (Lipinski definition) is 2. The molecule has 0 atom stereocenters. The Labute approximate surface area is 102 Å². The molecule has 0 saturated carbocycles. The highest BCUT2D eigenvalue weighted by Gasteiger charge is 2.09. The molecule has 1 heterocycles. The molecule has 6 heteroatoms. The van der Waals surface area contributed by atoms with E-state index in [0.29, 0.717) is 22.5 Å². The van der Waals surface area contributed by atoms with E-state index in [1.807, 2.05) is 0 Å². The molecule has 0 amide bonds. The zero-order chi connectivity index (χ0) is 13.1. The van der Waals surface area contributed by atoms with E-state index < -0.39 is 5.97 Å². The van der Waals surface area contributed by atoms with Crippen LogP contribution in [0.25, 0.3) is 10.9 Å². The number of nitrogens with one attached hydrogen (secondary N) is 1. The second-order valence-electron chi connectivity index (χ2n) is 3.76. The molecule has 2 aromatic rings. The smallest absolute Gasteiger partial charge is 0.303 e. The molecule has 2 rings (SSSR count). The largest absolute Gasteiger partial charge is 0.494 e. The quantitative estimate of drug-likeness (QED) is 0.840. The highest BCUT2D eigenvalue weighted by molar-refractivity contribution is 5.83. The van der Waals surface area contributed by atoms with E-state index in [0.717, 1.165) is 0 Å². The van der Waals surface area contributed by atoms with Gasteiger partial charge >= 0.3 is 5.97 Å². The molecule has 0 bridgehead atoms. The van der Waals surface area contributed by atoms with Gasteiger partial charge in [-0.1, -0.05) is 6.07 Å². The van der Waals surface area contributed by atoms with Crippen LogP contribution in [-0.2, 0) is 11.2 Å². The first-order valence-electron chi connectivity index (χ1n) is 5.39. The van der Waals surface area contributed by atoms with Crippen molar-refractivity contribution in [3.8, 4) is 5.75 Å². The van der Waals surface area contributed by atoms with Crippen LogP contribution in [-0.4, -0.2) is 28.2 Å². The molecule has 18 heavy (non-hydrogen) atoms. The summed E-state index contributed by atoms with van der Waals surface area (Å²) in [4.78, 5) is 29.1. The predicted octanol–water partition coefficient (Wildman–Crippen LogP) is 0.949. The maximum absolute atomic E-state index is 11.8. The number of aromatic nitrogens is 2. The van der Waals surface area contributed by atoms with Crippen molar-refractivity contribution in [1.82, 2.24) is 9.97 Å². The fourth-order valence-electron chi connectivity index (χ4n) is 1.69. The normalized spacial score (nSPS) is 10.5. The van der Waals surface area contributed by atoms with Gasteiger partial charge in [0.25, 0.3) is 5.56 Å². The summed E-state index contributed by atoms with van der Waals surface area (Å²) in [6, 6.07) is 5.05. The number of carboxylic acids is 1. The van der Waals surface area contributed by atoms with Crippen molar-refractivity contribution in [3.05, 3.63) is 34.4 Å². The number of aromatic amines is 1. The average Bonchev–Trinajstić information content (AvgIpc) is 2.36. The molecular formula is C12H12N2O4. The van der Waals surface area contributed by atoms with Crippen LogP contribution >= 0.6 is 0 Å². The molecule has 94 valence electrons. The first-order chi connectivity index (χ1) is 8.61. The highest BCUT2D eigenvalue weighted by Crippen LogP contribution is 2.20. The Morgan fingerprint density at radius 1 is 1.50 bits per heavy atom. The Hall–Kier alpha value is -2.37. The molecule has 2 N–H and O–H groups in total. The van der Waals surface area contributed by atoms with Gasteiger partial charge in [0, 0.05) is 6.42 Å². The number of carbonyl (C=O) groups is 1. The van der Waals surface area contributed by atoms with Crippen molar-refractivity contribution in [3.63, 3.8) is 0 Å². The van der Waals surface area contributed by atoms with Crippen molar-refractivity contribution in [2.75, 3.05) is 7.11 Å². The van der Waals surface area contributed by atoms with Gasteiger partial charge in [-0.15, -0.1) is 0 Å². The fraction of sp³-hybridized carbons (Fsp3) is 0.250. The van der Waals surface area contributed by atoms with Crippen LogP contribution < -0.4 is 10.3 Å². The second kappa shape index (κ2) is 4.87. The number of benzene rings is 1. The molecule has 0 unspecified atom stereocenters. The molecule has 0 aliphatic carbocycles. The Kier molecular flexibility index (Phi) is 3.27. The van der Waals surface area contributed by atoms with E-state index in [2.05, 4.69) is 9.97 Å². The molecule has 0 radical (unpaired) electrons. The standard InChI is InChI=1S/C12H12N2O4/c1-18-8-4-2-3-7-11(8)13-9(14-12(7)17)5-6-10(15)16/h2-4H,5-6H2,1H3,(H,15,16)(H,13,14,17). The number of fused-ring (bicyclic) bond motifs is 1. The molecular weight excluding hydrogens is 236 g/mol. The zero-order valence-corrected chi connectivity index (χ0v) is 9.77. The Morgan fingerprint density at radius 2 is 2.28 bits per heavy atom. The number of H-pyrrole nitrogens is 1. The van der Waals surface area contributed by atoms with Gasteiger partial charge in [0.15, 0.2) is 0 Å². The van der Waals surface area contributed by atoms with Crippen LogP contribution in [0.3, 0.4) is 0 Å². The van der Waals surface area contributed by atoms with Gasteiger partial charge in [0.1, 0.15) is 17.1 Å². The molecule has 1 aromatic heterocycles. The summed E-state index contributed by atoms with van der Waals surface area (Å²) in [6.07, 6.45) is 0.0994. The number of rotatable bonds is 4. The lowest BCUT2D eigenvalue weighted by molar-refractivity contribution is -0.137. The molecule has 0 spiro atoms. The number of hydrogen-bond acceptors (Lipinski definition) is 4. The van der Waals surface area contributed by atoms with Crippen molar-refractivity contribution in [2.24, 2.45) is 0 Å². The number of nitrogens with zero attached hydrogens (tertiary/aromatic N) is 1. The van der Waals surface area contributed by atoms with Gasteiger partial charge in [0.05, 0.1) is 18.9 Å². The number of aliphatic carboxylic acids is 1. The van der Waals surface area contributed by atoms with Crippen LogP contribution in [0.4, 0.5) is 0 Å². The van der Waals surface area contributed by atoms with E-state index in [-0.39, 0.29) is 18.4 Å². The summed E-state index contributed by atoms with van der Waals surface area (Å²) >= 11 is 0. The predicted molar refractivity (Wildman–Crippen MR) is 64.9 cm³/mol. The van der Waals surface area contributed by atoms with Crippen LogP contribution in [0.5, 0.6) is 5.75 Å². The summed E-state index contributed by atoms with van der Waals surface area (Å²) in [5.74, 6) is -0.0904. The van der Waals surface area contributed by atoms with Crippen LogP contribution in [0.2, 0.25) is 0 Å². The van der Waals surface area contributed by atoms with Gasteiger partial charge in [0.2, 0.25) is 0 Å². The van der Waals surface area contributed by atoms with Crippen LogP contribution in [0, 0.1) is 0 Å².